The fourth-order valence-electron chi connectivity index (χ4n) is 2.64. The minimum Gasteiger partial charge on any atom is -0.311 e. The van der Waals surface area contributed by atoms with Crippen LogP contribution in [0.3, 0.4) is 0 Å². The van der Waals surface area contributed by atoms with E-state index in [0.29, 0.717) is 11.5 Å². The summed E-state index contributed by atoms with van der Waals surface area (Å²) in [5, 5.41) is 3.72. The van der Waals surface area contributed by atoms with Gasteiger partial charge in [-0.15, -0.1) is 0 Å². The number of benzene rings is 1. The van der Waals surface area contributed by atoms with Gasteiger partial charge in [-0.3, -0.25) is 0 Å². The van der Waals surface area contributed by atoms with Gasteiger partial charge in [-0.25, -0.2) is 0 Å². The summed E-state index contributed by atoms with van der Waals surface area (Å²) in [6.07, 6.45) is 3.82. The molecule has 15 heavy (non-hydrogen) atoms. The molecule has 1 saturated heterocycles. The van der Waals surface area contributed by atoms with Crippen molar-refractivity contribution in [3.8, 4) is 0 Å². The average Bonchev–Trinajstić information content (AvgIpc) is 2.69. The first-order valence-corrected chi connectivity index (χ1v) is 6.02. The van der Waals surface area contributed by atoms with Crippen molar-refractivity contribution in [2.24, 2.45) is 5.92 Å². The number of hydrogen-bond acceptors (Lipinski definition) is 1. The number of rotatable bonds is 3. The zero-order valence-electron chi connectivity index (χ0n) is 9.79. The summed E-state index contributed by atoms with van der Waals surface area (Å²) in [5.41, 5.74) is 1.81. The molecule has 1 nitrogen and oxygen atoms in total. The molecular formula is C14H21N. The van der Waals surface area contributed by atoms with E-state index in [2.05, 4.69) is 49.5 Å². The van der Waals surface area contributed by atoms with E-state index in [4.69, 9.17) is 0 Å². The fraction of sp³-hybridized carbons (Fsp3) is 0.571. The van der Waals surface area contributed by atoms with Crippen LogP contribution in [0, 0.1) is 5.92 Å². The SMILES string of the molecule is CC(C)[C@@]1(Cc2ccccc2)CCCN1. The third kappa shape index (κ3) is 2.23. The van der Waals surface area contributed by atoms with Crippen LogP contribution >= 0.6 is 0 Å². The molecule has 1 aromatic rings. The van der Waals surface area contributed by atoms with Crippen molar-refractivity contribution in [2.75, 3.05) is 6.54 Å². The third-order valence-corrected chi connectivity index (χ3v) is 3.74. The van der Waals surface area contributed by atoms with Crippen LogP contribution in [0.1, 0.15) is 32.3 Å². The topological polar surface area (TPSA) is 12.0 Å². The summed E-state index contributed by atoms with van der Waals surface area (Å²) < 4.78 is 0. The van der Waals surface area contributed by atoms with Crippen molar-refractivity contribution in [3.63, 3.8) is 0 Å². The van der Waals surface area contributed by atoms with Crippen LogP contribution in [0.4, 0.5) is 0 Å². The highest BCUT2D eigenvalue weighted by Crippen LogP contribution is 2.31. The Hall–Kier alpha value is -0.820. The van der Waals surface area contributed by atoms with Crippen molar-refractivity contribution < 1.29 is 0 Å². The first-order valence-electron chi connectivity index (χ1n) is 6.02. The standard InChI is InChI=1S/C14H21N/c1-12(2)14(9-6-10-15-14)11-13-7-4-3-5-8-13/h3-5,7-8,12,15H,6,9-11H2,1-2H3/t14-/m0/s1. The first-order chi connectivity index (χ1) is 7.23. The molecule has 0 amide bonds. The highest BCUT2D eigenvalue weighted by Gasteiger charge is 2.36. The van der Waals surface area contributed by atoms with Gasteiger partial charge in [0.1, 0.15) is 0 Å². The molecule has 0 spiro atoms. The van der Waals surface area contributed by atoms with Crippen molar-refractivity contribution in [1.82, 2.24) is 5.32 Å². The van der Waals surface area contributed by atoms with E-state index in [1.165, 1.54) is 31.4 Å². The predicted octanol–water partition coefficient (Wildman–Crippen LogP) is 3.01. The quantitative estimate of drug-likeness (QED) is 0.796. The Morgan fingerprint density at radius 2 is 2.00 bits per heavy atom. The number of hydrogen-bond donors (Lipinski definition) is 1. The molecule has 0 aromatic heterocycles. The van der Waals surface area contributed by atoms with Crippen LogP contribution in [-0.4, -0.2) is 12.1 Å². The maximum Gasteiger partial charge on any atom is 0.0245 e. The lowest BCUT2D eigenvalue weighted by molar-refractivity contribution is 0.269. The zero-order chi connectivity index (χ0) is 10.7. The minimum absolute atomic E-state index is 0.349. The Kier molecular flexibility index (Phi) is 3.11. The van der Waals surface area contributed by atoms with Gasteiger partial charge in [-0.1, -0.05) is 44.2 Å². The Balaban J connectivity index is 2.14. The van der Waals surface area contributed by atoms with Gasteiger partial charge in [0.15, 0.2) is 0 Å². The van der Waals surface area contributed by atoms with Gasteiger partial charge >= 0.3 is 0 Å². The Morgan fingerprint density at radius 1 is 1.27 bits per heavy atom. The van der Waals surface area contributed by atoms with E-state index < -0.39 is 0 Å². The Morgan fingerprint density at radius 3 is 2.53 bits per heavy atom. The van der Waals surface area contributed by atoms with Gasteiger partial charge in [-0.2, -0.15) is 0 Å². The maximum absolute atomic E-state index is 3.72. The fourth-order valence-corrected chi connectivity index (χ4v) is 2.64. The molecule has 0 unspecified atom stereocenters. The van der Waals surface area contributed by atoms with Gasteiger partial charge in [0.2, 0.25) is 0 Å². The molecule has 1 aliphatic heterocycles. The predicted molar refractivity (Wildman–Crippen MR) is 65.0 cm³/mol. The molecule has 82 valence electrons. The lowest BCUT2D eigenvalue weighted by atomic mass is 9.80. The number of nitrogens with one attached hydrogen (secondary N) is 1. The second kappa shape index (κ2) is 4.36. The molecule has 1 aromatic carbocycles. The molecule has 0 radical (unpaired) electrons. The molecule has 1 atom stereocenters. The van der Waals surface area contributed by atoms with E-state index in [9.17, 15) is 0 Å². The smallest absolute Gasteiger partial charge is 0.0245 e. The lowest BCUT2D eigenvalue weighted by Gasteiger charge is -2.34. The molecule has 0 aliphatic carbocycles. The first kappa shape index (κ1) is 10.7. The van der Waals surface area contributed by atoms with Gasteiger partial charge in [0.25, 0.3) is 0 Å². The summed E-state index contributed by atoms with van der Waals surface area (Å²) in [6, 6.07) is 10.8. The maximum atomic E-state index is 3.72. The second-order valence-electron chi connectivity index (χ2n) is 5.00. The molecule has 1 N–H and O–H groups in total. The monoisotopic (exact) mass is 203 g/mol. The van der Waals surface area contributed by atoms with E-state index in [1.807, 2.05) is 0 Å². The molecule has 1 aliphatic rings. The van der Waals surface area contributed by atoms with Crippen molar-refractivity contribution in [3.05, 3.63) is 35.9 Å². The molecule has 1 fully saturated rings. The van der Waals surface area contributed by atoms with Crippen LogP contribution in [0.25, 0.3) is 0 Å². The molecule has 1 heteroatoms. The van der Waals surface area contributed by atoms with Crippen LogP contribution in [-0.2, 0) is 6.42 Å². The molecule has 0 saturated carbocycles. The molecular weight excluding hydrogens is 182 g/mol. The molecule has 0 bridgehead atoms. The van der Waals surface area contributed by atoms with Crippen molar-refractivity contribution >= 4 is 0 Å². The summed E-state index contributed by atoms with van der Waals surface area (Å²) in [6.45, 7) is 5.85. The van der Waals surface area contributed by atoms with Crippen LogP contribution < -0.4 is 5.32 Å². The van der Waals surface area contributed by atoms with Gasteiger partial charge < -0.3 is 5.32 Å². The summed E-state index contributed by atoms with van der Waals surface area (Å²) in [4.78, 5) is 0. The van der Waals surface area contributed by atoms with Crippen LogP contribution in [0.5, 0.6) is 0 Å². The summed E-state index contributed by atoms with van der Waals surface area (Å²) in [7, 11) is 0. The van der Waals surface area contributed by atoms with E-state index in [-0.39, 0.29) is 0 Å². The summed E-state index contributed by atoms with van der Waals surface area (Å²) in [5.74, 6) is 0.709. The van der Waals surface area contributed by atoms with Crippen LogP contribution in [0.15, 0.2) is 30.3 Å². The largest absolute Gasteiger partial charge is 0.311 e. The van der Waals surface area contributed by atoms with Crippen molar-refractivity contribution in [2.45, 2.75) is 38.6 Å². The highest BCUT2D eigenvalue weighted by atomic mass is 15.0. The zero-order valence-corrected chi connectivity index (χ0v) is 9.79. The second-order valence-corrected chi connectivity index (χ2v) is 5.00. The van der Waals surface area contributed by atoms with Gasteiger partial charge in [-0.05, 0) is 37.3 Å². The molecule has 2 rings (SSSR count). The van der Waals surface area contributed by atoms with E-state index >= 15 is 0 Å². The van der Waals surface area contributed by atoms with Gasteiger partial charge in [0, 0.05) is 5.54 Å². The van der Waals surface area contributed by atoms with E-state index in [0.717, 1.165) is 0 Å². The summed E-state index contributed by atoms with van der Waals surface area (Å²) >= 11 is 0. The Labute approximate surface area is 92.9 Å². The van der Waals surface area contributed by atoms with Crippen LogP contribution in [0.2, 0.25) is 0 Å². The van der Waals surface area contributed by atoms with Gasteiger partial charge in [0.05, 0.1) is 0 Å². The lowest BCUT2D eigenvalue weighted by Crippen LogP contribution is -2.46. The minimum atomic E-state index is 0.349. The third-order valence-electron chi connectivity index (χ3n) is 3.74. The average molecular weight is 203 g/mol. The van der Waals surface area contributed by atoms with Crippen molar-refractivity contribution in [1.29, 1.82) is 0 Å². The Bertz CT molecular complexity index is 296. The normalized spacial score (nSPS) is 26.1. The molecule has 1 heterocycles. The van der Waals surface area contributed by atoms with E-state index in [1.54, 1.807) is 0 Å². The highest BCUT2D eigenvalue weighted by molar-refractivity contribution is 5.19.